The van der Waals surface area contributed by atoms with Crippen molar-refractivity contribution < 1.29 is 9.53 Å². The van der Waals surface area contributed by atoms with Crippen molar-refractivity contribution in [2.75, 3.05) is 39.5 Å². The Morgan fingerprint density at radius 3 is 2.65 bits per heavy atom. The summed E-state index contributed by atoms with van der Waals surface area (Å²) in [5, 5.41) is 0. The summed E-state index contributed by atoms with van der Waals surface area (Å²) in [5.74, 6) is 0.760. The van der Waals surface area contributed by atoms with Gasteiger partial charge >= 0.3 is 5.97 Å². The van der Waals surface area contributed by atoms with Crippen LogP contribution in [0.3, 0.4) is 0 Å². The normalized spacial score (nSPS) is 23.4. The second-order valence-corrected chi connectivity index (χ2v) is 5.33. The third-order valence-corrected chi connectivity index (χ3v) is 3.84. The van der Waals surface area contributed by atoms with E-state index in [0.717, 1.165) is 25.7 Å². The zero-order valence-corrected chi connectivity index (χ0v) is 10.9. The standard InChI is InChI=1S/C13H24N2O2/c1-12(16)17-9-8-14-6-7-15(11-14)10-13-4-2-3-5-13/h13H,2-11H2,1H3. The molecule has 1 heterocycles. The molecule has 2 aliphatic rings. The average molecular weight is 240 g/mol. The van der Waals surface area contributed by atoms with Crippen LogP contribution in [0.15, 0.2) is 0 Å². The zero-order valence-electron chi connectivity index (χ0n) is 10.9. The van der Waals surface area contributed by atoms with Gasteiger partial charge in [-0.05, 0) is 18.8 Å². The summed E-state index contributed by atoms with van der Waals surface area (Å²) in [6.07, 6.45) is 5.69. The number of carbonyl (C=O) groups is 1. The number of nitrogens with zero attached hydrogens (tertiary/aromatic N) is 2. The molecule has 2 rings (SSSR count). The second kappa shape index (κ2) is 6.36. The maximum Gasteiger partial charge on any atom is 0.302 e. The minimum Gasteiger partial charge on any atom is -0.465 e. The molecule has 0 spiro atoms. The van der Waals surface area contributed by atoms with Crippen LogP contribution in [0.4, 0.5) is 0 Å². The summed E-state index contributed by atoms with van der Waals surface area (Å²) >= 11 is 0. The molecule has 0 N–H and O–H groups in total. The summed E-state index contributed by atoms with van der Waals surface area (Å²) in [4.78, 5) is 15.6. The Hall–Kier alpha value is -0.610. The summed E-state index contributed by atoms with van der Waals surface area (Å²) < 4.78 is 4.97. The van der Waals surface area contributed by atoms with E-state index in [1.54, 1.807) is 0 Å². The first-order chi connectivity index (χ1) is 8.24. The van der Waals surface area contributed by atoms with E-state index in [2.05, 4.69) is 9.80 Å². The van der Waals surface area contributed by atoms with Crippen LogP contribution in [0, 0.1) is 5.92 Å². The van der Waals surface area contributed by atoms with Gasteiger partial charge in [-0.15, -0.1) is 0 Å². The van der Waals surface area contributed by atoms with Gasteiger partial charge in [0.2, 0.25) is 0 Å². The molecule has 0 bridgehead atoms. The van der Waals surface area contributed by atoms with E-state index in [0.29, 0.717) is 6.61 Å². The second-order valence-electron chi connectivity index (χ2n) is 5.33. The highest BCUT2D eigenvalue weighted by Gasteiger charge is 2.24. The minimum atomic E-state index is -0.174. The van der Waals surface area contributed by atoms with E-state index in [-0.39, 0.29) is 5.97 Å². The van der Waals surface area contributed by atoms with Crippen LogP contribution in [-0.2, 0) is 9.53 Å². The SMILES string of the molecule is CC(=O)OCCN1CCN(CC2CCCC2)C1. The molecular weight excluding hydrogens is 216 g/mol. The van der Waals surface area contributed by atoms with Gasteiger partial charge in [-0.1, -0.05) is 12.8 Å². The Bertz CT molecular complexity index is 252. The molecule has 1 saturated heterocycles. The van der Waals surface area contributed by atoms with Crippen LogP contribution in [0.1, 0.15) is 32.6 Å². The summed E-state index contributed by atoms with van der Waals surface area (Å²) in [6, 6.07) is 0. The zero-order chi connectivity index (χ0) is 12.1. The topological polar surface area (TPSA) is 32.8 Å². The third kappa shape index (κ3) is 4.28. The molecule has 1 aliphatic carbocycles. The number of hydrogen-bond donors (Lipinski definition) is 0. The third-order valence-electron chi connectivity index (χ3n) is 3.84. The van der Waals surface area contributed by atoms with E-state index in [9.17, 15) is 4.79 Å². The van der Waals surface area contributed by atoms with Crippen molar-refractivity contribution in [3.05, 3.63) is 0 Å². The van der Waals surface area contributed by atoms with Gasteiger partial charge < -0.3 is 4.74 Å². The summed E-state index contributed by atoms with van der Waals surface area (Å²) in [5.41, 5.74) is 0. The Kier molecular flexibility index (Phi) is 4.80. The number of esters is 1. The Labute approximate surface area is 104 Å². The van der Waals surface area contributed by atoms with Crippen molar-refractivity contribution >= 4 is 5.97 Å². The lowest BCUT2D eigenvalue weighted by molar-refractivity contribution is -0.141. The highest BCUT2D eigenvalue weighted by molar-refractivity contribution is 5.65. The van der Waals surface area contributed by atoms with Gasteiger partial charge in [0.1, 0.15) is 6.61 Å². The maximum atomic E-state index is 10.7. The molecule has 4 nitrogen and oxygen atoms in total. The first-order valence-electron chi connectivity index (χ1n) is 6.82. The molecule has 0 aromatic rings. The largest absolute Gasteiger partial charge is 0.465 e. The smallest absolute Gasteiger partial charge is 0.302 e. The fourth-order valence-corrected chi connectivity index (χ4v) is 2.92. The van der Waals surface area contributed by atoms with Gasteiger partial charge in [-0.2, -0.15) is 0 Å². The molecule has 0 aromatic heterocycles. The van der Waals surface area contributed by atoms with Crippen molar-refractivity contribution in [3.8, 4) is 0 Å². The van der Waals surface area contributed by atoms with Crippen LogP contribution < -0.4 is 0 Å². The van der Waals surface area contributed by atoms with Crippen molar-refractivity contribution in [2.24, 2.45) is 5.92 Å². The van der Waals surface area contributed by atoms with Gasteiger partial charge in [0.15, 0.2) is 0 Å². The summed E-state index contributed by atoms with van der Waals surface area (Å²) in [6.45, 7) is 7.50. The molecule has 0 unspecified atom stereocenters. The molecule has 98 valence electrons. The molecule has 4 heteroatoms. The molecule has 0 amide bonds. The van der Waals surface area contributed by atoms with Crippen LogP contribution in [0.25, 0.3) is 0 Å². The van der Waals surface area contributed by atoms with E-state index in [4.69, 9.17) is 4.74 Å². The van der Waals surface area contributed by atoms with Crippen LogP contribution in [0.2, 0.25) is 0 Å². The van der Waals surface area contributed by atoms with Crippen molar-refractivity contribution in [1.29, 1.82) is 0 Å². The van der Waals surface area contributed by atoms with Gasteiger partial charge in [0.25, 0.3) is 0 Å². The first-order valence-corrected chi connectivity index (χ1v) is 6.82. The van der Waals surface area contributed by atoms with Crippen LogP contribution in [-0.4, -0.2) is 55.2 Å². The molecule has 0 aromatic carbocycles. The monoisotopic (exact) mass is 240 g/mol. The summed E-state index contributed by atoms with van der Waals surface area (Å²) in [7, 11) is 0. The number of carbonyl (C=O) groups excluding carboxylic acids is 1. The number of hydrogen-bond acceptors (Lipinski definition) is 4. The predicted octanol–water partition coefficient (Wildman–Crippen LogP) is 1.31. The Morgan fingerprint density at radius 2 is 1.94 bits per heavy atom. The van der Waals surface area contributed by atoms with Crippen LogP contribution >= 0.6 is 0 Å². The highest BCUT2D eigenvalue weighted by Crippen LogP contribution is 2.26. The lowest BCUT2D eigenvalue weighted by Crippen LogP contribution is -2.31. The lowest BCUT2D eigenvalue weighted by atomic mass is 10.1. The quantitative estimate of drug-likeness (QED) is 0.678. The molecule has 1 saturated carbocycles. The van der Waals surface area contributed by atoms with Gasteiger partial charge in [0.05, 0.1) is 6.67 Å². The van der Waals surface area contributed by atoms with E-state index in [1.807, 2.05) is 0 Å². The molecular formula is C13H24N2O2. The lowest BCUT2D eigenvalue weighted by Gasteiger charge is -2.20. The highest BCUT2D eigenvalue weighted by atomic mass is 16.5. The van der Waals surface area contributed by atoms with Gasteiger partial charge in [-0.25, -0.2) is 0 Å². The average Bonchev–Trinajstić information content (AvgIpc) is 2.90. The van der Waals surface area contributed by atoms with Crippen molar-refractivity contribution in [1.82, 2.24) is 9.80 Å². The molecule has 0 atom stereocenters. The molecule has 2 fully saturated rings. The molecule has 0 radical (unpaired) electrons. The fraction of sp³-hybridized carbons (Fsp3) is 0.923. The fourth-order valence-electron chi connectivity index (χ4n) is 2.92. The molecule has 17 heavy (non-hydrogen) atoms. The Balaban J connectivity index is 1.59. The predicted molar refractivity (Wildman–Crippen MR) is 66.6 cm³/mol. The number of rotatable bonds is 5. The van der Waals surface area contributed by atoms with Crippen molar-refractivity contribution in [2.45, 2.75) is 32.6 Å². The minimum absolute atomic E-state index is 0.174. The Morgan fingerprint density at radius 1 is 1.24 bits per heavy atom. The van der Waals surface area contributed by atoms with E-state index >= 15 is 0 Å². The van der Waals surface area contributed by atoms with E-state index in [1.165, 1.54) is 45.7 Å². The maximum absolute atomic E-state index is 10.7. The van der Waals surface area contributed by atoms with Gasteiger partial charge in [-0.3, -0.25) is 14.6 Å². The molecule has 1 aliphatic heterocycles. The van der Waals surface area contributed by atoms with E-state index < -0.39 is 0 Å². The first kappa shape index (κ1) is 12.8. The van der Waals surface area contributed by atoms with Crippen LogP contribution in [0.5, 0.6) is 0 Å². The van der Waals surface area contributed by atoms with Crippen molar-refractivity contribution in [3.63, 3.8) is 0 Å². The van der Waals surface area contributed by atoms with Gasteiger partial charge in [0, 0.05) is 33.1 Å². The number of ether oxygens (including phenoxy) is 1.